The van der Waals surface area contributed by atoms with Gasteiger partial charge in [-0.15, -0.1) is 0 Å². The summed E-state index contributed by atoms with van der Waals surface area (Å²) in [7, 11) is 1.60. The largest absolute Gasteiger partial charge is 0.493 e. The zero-order valence-electron chi connectivity index (χ0n) is 22.8. The molecule has 0 aliphatic heterocycles. The Labute approximate surface area is 229 Å². The predicted octanol–water partition coefficient (Wildman–Crippen LogP) is 8.86. The van der Waals surface area contributed by atoms with Crippen LogP contribution in [0.25, 0.3) is 0 Å². The van der Waals surface area contributed by atoms with Crippen molar-refractivity contribution in [3.8, 4) is 11.5 Å². The van der Waals surface area contributed by atoms with Crippen molar-refractivity contribution in [2.24, 2.45) is 5.10 Å². The van der Waals surface area contributed by atoms with Gasteiger partial charge in [0.1, 0.15) is 6.61 Å². The molecule has 0 saturated heterocycles. The van der Waals surface area contributed by atoms with E-state index in [4.69, 9.17) is 21.1 Å². The van der Waals surface area contributed by atoms with Gasteiger partial charge in [0, 0.05) is 11.4 Å². The summed E-state index contributed by atoms with van der Waals surface area (Å²) in [6.45, 7) is 2.68. The highest BCUT2D eigenvalue weighted by atomic mass is 35.5. The molecule has 0 aromatic heterocycles. The molecule has 5 nitrogen and oxygen atoms in total. The number of hydrogen-bond acceptors (Lipinski definition) is 4. The van der Waals surface area contributed by atoms with Gasteiger partial charge in [-0.25, -0.2) is 5.43 Å². The van der Waals surface area contributed by atoms with Crippen molar-refractivity contribution < 1.29 is 14.3 Å². The Morgan fingerprint density at radius 3 is 2.03 bits per heavy atom. The van der Waals surface area contributed by atoms with E-state index in [1.54, 1.807) is 13.3 Å². The average Bonchev–Trinajstić information content (AvgIpc) is 2.91. The number of halogens is 1. The Bertz CT molecular complexity index is 915. The smallest absolute Gasteiger partial charge is 0.240 e. The number of carbonyl (C=O) groups is 1. The van der Waals surface area contributed by atoms with Gasteiger partial charge >= 0.3 is 0 Å². The van der Waals surface area contributed by atoms with Gasteiger partial charge in [0.15, 0.2) is 11.5 Å². The van der Waals surface area contributed by atoms with E-state index in [1.165, 1.54) is 70.6 Å². The van der Waals surface area contributed by atoms with Crippen LogP contribution in [0.1, 0.15) is 108 Å². The Morgan fingerprint density at radius 1 is 0.838 bits per heavy atom. The Hall–Kier alpha value is -2.53. The topological polar surface area (TPSA) is 59.9 Å². The number of nitrogens with zero attached hydrogens (tertiary/aromatic N) is 1. The number of amides is 1. The van der Waals surface area contributed by atoms with E-state index in [2.05, 4.69) is 17.5 Å². The summed E-state index contributed by atoms with van der Waals surface area (Å²) in [6, 6.07) is 13.1. The first-order valence-corrected chi connectivity index (χ1v) is 14.4. The lowest BCUT2D eigenvalue weighted by Gasteiger charge is -2.11. The van der Waals surface area contributed by atoms with Crippen LogP contribution in [0.4, 0.5) is 0 Å². The highest BCUT2D eigenvalue weighted by Gasteiger charge is 2.06. The molecule has 0 unspecified atom stereocenters. The van der Waals surface area contributed by atoms with Crippen molar-refractivity contribution in [3.05, 3.63) is 58.6 Å². The number of hydrogen-bond donors (Lipinski definition) is 1. The molecule has 0 saturated carbocycles. The quantitative estimate of drug-likeness (QED) is 0.106. The van der Waals surface area contributed by atoms with Gasteiger partial charge in [0.05, 0.1) is 13.3 Å². The number of rotatable bonds is 20. The maximum Gasteiger partial charge on any atom is 0.240 e. The molecule has 0 radical (unpaired) electrons. The van der Waals surface area contributed by atoms with Crippen LogP contribution < -0.4 is 14.9 Å². The molecule has 0 aliphatic rings. The van der Waals surface area contributed by atoms with Crippen LogP contribution in [0.3, 0.4) is 0 Å². The van der Waals surface area contributed by atoms with E-state index >= 15 is 0 Å². The van der Waals surface area contributed by atoms with E-state index in [-0.39, 0.29) is 5.91 Å². The van der Waals surface area contributed by atoms with E-state index in [9.17, 15) is 4.79 Å². The fourth-order valence-corrected chi connectivity index (χ4v) is 4.29. The van der Waals surface area contributed by atoms with Crippen LogP contribution >= 0.6 is 11.6 Å². The molecule has 2 aromatic carbocycles. The third-order valence-electron chi connectivity index (χ3n) is 6.41. The Morgan fingerprint density at radius 2 is 1.43 bits per heavy atom. The summed E-state index contributed by atoms with van der Waals surface area (Å²) < 4.78 is 11.3. The first-order valence-electron chi connectivity index (χ1n) is 14.0. The molecule has 0 spiro atoms. The van der Waals surface area contributed by atoms with Crippen LogP contribution in [0.2, 0.25) is 5.02 Å². The minimum atomic E-state index is -0.0470. The first kappa shape index (κ1) is 30.7. The molecular weight excluding hydrogens is 484 g/mol. The SMILES string of the molecule is CCCCCCCCCCCCCCCC(=O)N/N=C\c1ccc(OCc2ccc(Cl)cc2)c(OC)c1. The Balaban J connectivity index is 1.56. The highest BCUT2D eigenvalue weighted by Crippen LogP contribution is 2.28. The monoisotopic (exact) mass is 528 g/mol. The van der Waals surface area contributed by atoms with E-state index in [0.29, 0.717) is 29.5 Å². The predicted molar refractivity (Wildman–Crippen MR) is 155 cm³/mol. The average molecular weight is 529 g/mol. The highest BCUT2D eigenvalue weighted by molar-refractivity contribution is 6.30. The summed E-state index contributed by atoms with van der Waals surface area (Å²) in [5.74, 6) is 1.20. The molecule has 37 heavy (non-hydrogen) atoms. The number of hydrazone groups is 1. The number of unbranched alkanes of at least 4 members (excludes halogenated alkanes) is 12. The van der Waals surface area contributed by atoms with Crippen molar-refractivity contribution >= 4 is 23.7 Å². The van der Waals surface area contributed by atoms with Crippen molar-refractivity contribution in [1.29, 1.82) is 0 Å². The van der Waals surface area contributed by atoms with Crippen molar-refractivity contribution in [2.75, 3.05) is 7.11 Å². The third kappa shape index (κ3) is 14.1. The molecule has 0 aliphatic carbocycles. The zero-order chi connectivity index (χ0) is 26.6. The molecule has 0 bridgehead atoms. The lowest BCUT2D eigenvalue weighted by molar-refractivity contribution is -0.121. The van der Waals surface area contributed by atoms with Crippen molar-refractivity contribution in [2.45, 2.75) is 103 Å². The number of nitrogens with one attached hydrogen (secondary N) is 1. The number of benzene rings is 2. The van der Waals surface area contributed by atoms with Crippen molar-refractivity contribution in [1.82, 2.24) is 5.43 Å². The molecule has 0 heterocycles. The van der Waals surface area contributed by atoms with Gasteiger partial charge in [-0.3, -0.25) is 4.79 Å². The molecule has 0 fully saturated rings. The molecule has 2 aromatic rings. The minimum Gasteiger partial charge on any atom is -0.493 e. The maximum atomic E-state index is 12.1. The summed E-state index contributed by atoms with van der Waals surface area (Å²) >= 11 is 5.93. The second kappa shape index (κ2) is 19.6. The van der Waals surface area contributed by atoms with Crippen LogP contribution in [-0.4, -0.2) is 19.2 Å². The molecule has 1 amide bonds. The molecule has 2 rings (SSSR count). The van der Waals surface area contributed by atoms with Crippen LogP contribution in [-0.2, 0) is 11.4 Å². The fraction of sp³-hybridized carbons (Fsp3) is 0.548. The summed E-state index contributed by atoms with van der Waals surface area (Å²) in [6.07, 6.45) is 19.0. The molecule has 204 valence electrons. The number of ether oxygens (including phenoxy) is 2. The van der Waals surface area contributed by atoms with Gasteiger partial charge in [0.25, 0.3) is 0 Å². The summed E-state index contributed by atoms with van der Waals surface area (Å²) in [5.41, 5.74) is 4.46. The summed E-state index contributed by atoms with van der Waals surface area (Å²) in [5, 5.41) is 4.79. The van der Waals surface area contributed by atoms with E-state index in [0.717, 1.165) is 24.0 Å². The molecule has 1 N–H and O–H groups in total. The van der Waals surface area contributed by atoms with Crippen molar-refractivity contribution in [3.63, 3.8) is 0 Å². The second-order valence-corrected chi connectivity index (χ2v) is 10.0. The van der Waals surface area contributed by atoms with Gasteiger partial charge in [-0.05, 0) is 47.9 Å². The number of methoxy groups -OCH3 is 1. The summed E-state index contributed by atoms with van der Waals surface area (Å²) in [4.78, 5) is 12.1. The normalized spacial score (nSPS) is 11.1. The molecular formula is C31H45ClN2O3. The zero-order valence-corrected chi connectivity index (χ0v) is 23.5. The first-order chi connectivity index (χ1) is 18.1. The standard InChI is InChI=1S/C31H45ClN2O3/c1-3-4-5-6-7-8-9-10-11-12-13-14-15-16-31(35)34-33-24-27-19-22-29(30(23-27)36-2)37-25-26-17-20-28(32)21-18-26/h17-24H,3-16,25H2,1-2H3,(H,34,35)/b33-24-. The van der Waals surface area contributed by atoms with Crippen LogP contribution in [0.15, 0.2) is 47.6 Å². The van der Waals surface area contributed by atoms with E-state index < -0.39 is 0 Å². The van der Waals surface area contributed by atoms with Gasteiger partial charge < -0.3 is 9.47 Å². The van der Waals surface area contributed by atoms with E-state index in [1.807, 2.05) is 42.5 Å². The Kier molecular flexibility index (Phi) is 16.2. The fourth-order valence-electron chi connectivity index (χ4n) is 4.16. The van der Waals surface area contributed by atoms with Gasteiger partial charge in [-0.2, -0.15) is 5.10 Å². The maximum absolute atomic E-state index is 12.1. The minimum absolute atomic E-state index is 0.0470. The number of carbonyl (C=O) groups excluding carboxylic acids is 1. The van der Waals surface area contributed by atoms with Crippen LogP contribution in [0.5, 0.6) is 11.5 Å². The van der Waals surface area contributed by atoms with Crippen LogP contribution in [0, 0.1) is 0 Å². The molecule has 0 atom stereocenters. The lowest BCUT2D eigenvalue weighted by atomic mass is 10.0. The second-order valence-electron chi connectivity index (χ2n) is 9.61. The van der Waals surface area contributed by atoms with Gasteiger partial charge in [0.2, 0.25) is 5.91 Å². The lowest BCUT2D eigenvalue weighted by Crippen LogP contribution is -2.16. The third-order valence-corrected chi connectivity index (χ3v) is 6.66. The molecule has 6 heteroatoms. The van der Waals surface area contributed by atoms with Gasteiger partial charge in [-0.1, -0.05) is 108 Å².